The molecular weight excluding hydrogens is 268 g/mol. The van der Waals surface area contributed by atoms with E-state index in [1.807, 2.05) is 12.1 Å². The number of anilines is 1. The zero-order valence-corrected chi connectivity index (χ0v) is 12.0. The van der Waals surface area contributed by atoms with Gasteiger partial charge in [0.15, 0.2) is 0 Å². The van der Waals surface area contributed by atoms with Crippen molar-refractivity contribution in [2.45, 2.75) is 31.7 Å². The van der Waals surface area contributed by atoms with Crippen LogP contribution in [0.4, 0.5) is 10.5 Å². The number of urea groups is 1. The van der Waals surface area contributed by atoms with Crippen molar-refractivity contribution < 1.29 is 9.59 Å². The molecule has 1 saturated carbocycles. The second-order valence-electron chi connectivity index (χ2n) is 5.61. The molecule has 3 amide bonds. The predicted octanol–water partition coefficient (Wildman–Crippen LogP) is 1.38. The van der Waals surface area contributed by atoms with E-state index in [-0.39, 0.29) is 24.5 Å². The van der Waals surface area contributed by atoms with Crippen molar-refractivity contribution >= 4 is 17.6 Å². The van der Waals surface area contributed by atoms with Gasteiger partial charge in [0.1, 0.15) is 6.54 Å². The first-order chi connectivity index (χ1) is 10.2. The lowest BCUT2D eigenvalue weighted by Crippen LogP contribution is -2.55. The summed E-state index contributed by atoms with van der Waals surface area (Å²) in [6.07, 6.45) is 7.81. The molecule has 1 aromatic rings. The molecule has 0 bridgehead atoms. The molecule has 2 aliphatic rings. The van der Waals surface area contributed by atoms with Gasteiger partial charge in [-0.15, -0.1) is 0 Å². The molecule has 1 aromatic heterocycles. The van der Waals surface area contributed by atoms with E-state index in [0.29, 0.717) is 13.1 Å². The first-order valence-electron chi connectivity index (χ1n) is 7.50. The number of rotatable bonds is 2. The van der Waals surface area contributed by atoms with Crippen molar-refractivity contribution in [1.29, 1.82) is 0 Å². The molecule has 1 aliphatic heterocycles. The van der Waals surface area contributed by atoms with Crippen LogP contribution in [0.3, 0.4) is 0 Å². The first-order valence-corrected chi connectivity index (χ1v) is 7.50. The van der Waals surface area contributed by atoms with Crippen LogP contribution in [0, 0.1) is 0 Å². The van der Waals surface area contributed by atoms with Gasteiger partial charge < -0.3 is 15.1 Å². The van der Waals surface area contributed by atoms with Crippen LogP contribution < -0.4 is 10.2 Å². The highest BCUT2D eigenvalue weighted by atomic mass is 16.2. The Bertz CT molecular complexity index is 514. The largest absolute Gasteiger partial charge is 0.335 e. The number of pyridine rings is 1. The maximum absolute atomic E-state index is 12.2. The van der Waals surface area contributed by atoms with Crippen molar-refractivity contribution in [2.24, 2.45) is 0 Å². The lowest BCUT2D eigenvalue weighted by Gasteiger charge is -2.34. The quantitative estimate of drug-likeness (QED) is 0.894. The van der Waals surface area contributed by atoms with Crippen LogP contribution in [0.15, 0.2) is 24.5 Å². The summed E-state index contributed by atoms with van der Waals surface area (Å²) in [6.45, 7) is 1.20. The molecule has 0 spiro atoms. The van der Waals surface area contributed by atoms with E-state index < -0.39 is 0 Å². The van der Waals surface area contributed by atoms with Gasteiger partial charge in [0.2, 0.25) is 5.91 Å². The minimum Gasteiger partial charge on any atom is -0.335 e. The second kappa shape index (κ2) is 6.11. The number of aromatic nitrogens is 1. The molecule has 1 saturated heterocycles. The van der Waals surface area contributed by atoms with Gasteiger partial charge in [-0.3, -0.25) is 9.78 Å². The highest BCUT2D eigenvalue weighted by Crippen LogP contribution is 2.19. The molecule has 1 aliphatic carbocycles. The highest BCUT2D eigenvalue weighted by molar-refractivity contribution is 5.97. The Morgan fingerprint density at radius 2 is 2.10 bits per heavy atom. The summed E-state index contributed by atoms with van der Waals surface area (Å²) < 4.78 is 0. The molecular formula is C15H20N4O2. The van der Waals surface area contributed by atoms with Gasteiger partial charge in [0.05, 0.1) is 11.9 Å². The second-order valence-corrected chi connectivity index (χ2v) is 5.61. The summed E-state index contributed by atoms with van der Waals surface area (Å²) in [6, 6.07) is 3.84. The van der Waals surface area contributed by atoms with Crippen LogP contribution in [0.25, 0.3) is 0 Å². The number of nitrogens with one attached hydrogen (secondary N) is 1. The van der Waals surface area contributed by atoms with Crippen LogP contribution in [0.5, 0.6) is 0 Å². The third-order valence-corrected chi connectivity index (χ3v) is 4.15. The lowest BCUT2D eigenvalue weighted by atomic mass is 10.2. The number of nitrogens with zero attached hydrogens (tertiary/aromatic N) is 3. The van der Waals surface area contributed by atoms with Crippen molar-refractivity contribution in [3.63, 3.8) is 0 Å². The van der Waals surface area contributed by atoms with E-state index in [2.05, 4.69) is 10.3 Å². The van der Waals surface area contributed by atoms with Gasteiger partial charge in [-0.2, -0.15) is 0 Å². The molecule has 3 rings (SSSR count). The van der Waals surface area contributed by atoms with Gasteiger partial charge >= 0.3 is 6.03 Å². The topological polar surface area (TPSA) is 65.5 Å². The standard InChI is InChI=1S/C15H20N4O2/c20-14-11-18(15(21)17-12-4-1-2-5-12)8-9-19(14)13-6-3-7-16-10-13/h3,6-7,10,12H,1-2,4-5,8-9,11H2,(H,17,21). The maximum atomic E-state index is 12.2. The monoisotopic (exact) mass is 288 g/mol. The summed E-state index contributed by atoms with van der Waals surface area (Å²) in [5.41, 5.74) is 0.790. The molecule has 2 fully saturated rings. The van der Waals surface area contributed by atoms with Crippen LogP contribution in [0.2, 0.25) is 0 Å². The van der Waals surface area contributed by atoms with E-state index in [1.54, 1.807) is 22.2 Å². The van der Waals surface area contributed by atoms with E-state index in [0.717, 1.165) is 18.5 Å². The van der Waals surface area contributed by atoms with Crippen LogP contribution in [-0.4, -0.2) is 47.5 Å². The Hall–Kier alpha value is -2.11. The zero-order valence-electron chi connectivity index (χ0n) is 12.0. The molecule has 1 N–H and O–H groups in total. The van der Waals surface area contributed by atoms with Gasteiger partial charge in [0.25, 0.3) is 0 Å². The van der Waals surface area contributed by atoms with E-state index in [4.69, 9.17) is 0 Å². The average molecular weight is 288 g/mol. The Labute approximate surface area is 124 Å². The van der Waals surface area contributed by atoms with Gasteiger partial charge in [-0.05, 0) is 25.0 Å². The van der Waals surface area contributed by atoms with E-state index in [1.165, 1.54) is 12.8 Å². The summed E-state index contributed by atoms with van der Waals surface area (Å²) >= 11 is 0. The van der Waals surface area contributed by atoms with Crippen molar-refractivity contribution in [3.05, 3.63) is 24.5 Å². The Balaban J connectivity index is 1.57. The minimum atomic E-state index is -0.110. The van der Waals surface area contributed by atoms with Crippen molar-refractivity contribution in [2.75, 3.05) is 24.5 Å². The Morgan fingerprint density at radius 1 is 1.29 bits per heavy atom. The summed E-state index contributed by atoms with van der Waals surface area (Å²) in [4.78, 5) is 31.7. The number of piperazine rings is 1. The van der Waals surface area contributed by atoms with E-state index >= 15 is 0 Å². The van der Waals surface area contributed by atoms with E-state index in [9.17, 15) is 9.59 Å². The average Bonchev–Trinajstić information content (AvgIpc) is 3.01. The Morgan fingerprint density at radius 3 is 2.76 bits per heavy atom. The number of carbonyl (C=O) groups excluding carboxylic acids is 2. The fourth-order valence-electron chi connectivity index (χ4n) is 2.97. The predicted molar refractivity (Wildman–Crippen MR) is 79.0 cm³/mol. The summed E-state index contributed by atoms with van der Waals surface area (Å²) in [7, 11) is 0. The summed E-state index contributed by atoms with van der Waals surface area (Å²) in [5.74, 6) is -0.0594. The molecule has 0 atom stereocenters. The zero-order chi connectivity index (χ0) is 14.7. The SMILES string of the molecule is O=C(NC1CCCC1)N1CCN(c2cccnc2)C(=O)C1. The smallest absolute Gasteiger partial charge is 0.318 e. The molecule has 6 nitrogen and oxygen atoms in total. The van der Waals surface area contributed by atoms with Gasteiger partial charge in [-0.25, -0.2) is 4.79 Å². The maximum Gasteiger partial charge on any atom is 0.318 e. The highest BCUT2D eigenvalue weighted by Gasteiger charge is 2.29. The minimum absolute atomic E-state index is 0.0594. The van der Waals surface area contributed by atoms with Crippen LogP contribution >= 0.6 is 0 Å². The third kappa shape index (κ3) is 3.15. The lowest BCUT2D eigenvalue weighted by molar-refractivity contribution is -0.120. The number of hydrogen-bond donors (Lipinski definition) is 1. The molecule has 21 heavy (non-hydrogen) atoms. The number of hydrogen-bond acceptors (Lipinski definition) is 3. The first kappa shape index (κ1) is 13.9. The molecule has 2 heterocycles. The van der Waals surface area contributed by atoms with Gasteiger partial charge in [-0.1, -0.05) is 12.8 Å². The molecule has 0 aromatic carbocycles. The fourth-order valence-corrected chi connectivity index (χ4v) is 2.97. The molecule has 0 unspecified atom stereocenters. The molecule has 6 heteroatoms. The third-order valence-electron chi connectivity index (χ3n) is 4.15. The normalized spacial score (nSPS) is 19.9. The van der Waals surface area contributed by atoms with Crippen LogP contribution in [-0.2, 0) is 4.79 Å². The van der Waals surface area contributed by atoms with Gasteiger partial charge in [0, 0.05) is 25.3 Å². The fraction of sp³-hybridized carbons (Fsp3) is 0.533. The van der Waals surface area contributed by atoms with Crippen molar-refractivity contribution in [3.8, 4) is 0 Å². The summed E-state index contributed by atoms with van der Waals surface area (Å²) in [5, 5.41) is 3.03. The number of amides is 3. The van der Waals surface area contributed by atoms with Crippen molar-refractivity contribution in [1.82, 2.24) is 15.2 Å². The number of carbonyl (C=O) groups is 2. The Kier molecular flexibility index (Phi) is 4.03. The molecule has 112 valence electrons. The van der Waals surface area contributed by atoms with Crippen LogP contribution in [0.1, 0.15) is 25.7 Å². The molecule has 0 radical (unpaired) electrons.